The van der Waals surface area contributed by atoms with E-state index in [0.29, 0.717) is 91.1 Å². The Kier molecular flexibility index (Phi) is 28.5. The fraction of sp³-hybridized carbons (Fsp3) is 0.129. The Labute approximate surface area is 803 Å². The maximum atomic E-state index is 13.7. The van der Waals surface area contributed by atoms with Crippen LogP contribution in [-0.4, -0.2) is 110 Å². The van der Waals surface area contributed by atoms with Crippen molar-refractivity contribution < 1.29 is 97.3 Å². The Bertz CT molecular complexity index is 7740. The van der Waals surface area contributed by atoms with Crippen LogP contribution in [0.2, 0.25) is 0 Å². The molecule has 0 atom stereocenters. The van der Waals surface area contributed by atoms with Crippen LogP contribution in [0.1, 0.15) is 51.0 Å². The number of aromatic nitrogens is 20. The van der Waals surface area contributed by atoms with Crippen LogP contribution in [0.15, 0.2) is 231 Å². The zero-order valence-electron chi connectivity index (χ0n) is 75.2. The van der Waals surface area contributed by atoms with E-state index < -0.39 is 89.0 Å². The largest absolute Gasteiger partial charge is 0.573 e. The number of aryl methyl sites for hydroxylation is 5. The molecule has 52 heteroatoms. The first-order valence-corrected chi connectivity index (χ1v) is 41.9. The summed E-state index contributed by atoms with van der Waals surface area (Å²) in [5, 5.41) is 18.9. The molecule has 0 radical (unpaired) electrons. The molecule has 15 N–H and O–H groups in total. The second-order valence-corrected chi connectivity index (χ2v) is 31.1. The molecule has 0 saturated heterocycles. The molecule has 0 aliphatic heterocycles. The van der Waals surface area contributed by atoms with Crippen molar-refractivity contribution in [3.05, 3.63) is 299 Å². The number of benzene rings is 6. The van der Waals surface area contributed by atoms with Crippen molar-refractivity contribution in [2.75, 3.05) is 55.3 Å². The first-order valence-electron chi connectivity index (χ1n) is 41.9. The number of imidazole rings is 4. The summed E-state index contributed by atoms with van der Waals surface area (Å²) in [6.07, 6.45) is -18.9. The van der Waals surface area contributed by atoms with Crippen molar-refractivity contribution in [3.8, 4) is 63.4 Å². The maximum Gasteiger partial charge on any atom is 0.573 e. The molecule has 0 amide bonds. The minimum absolute atomic E-state index is 0.0241. The molecule has 0 aliphatic carbocycles. The highest BCUT2D eigenvalue weighted by molar-refractivity contribution is 5.79. The van der Waals surface area contributed by atoms with Crippen molar-refractivity contribution >= 4 is 115 Å². The fourth-order valence-corrected chi connectivity index (χ4v) is 14.3. The van der Waals surface area contributed by atoms with Crippen LogP contribution < -0.4 is 64.7 Å². The number of pyridine rings is 3. The Morgan fingerprint density at radius 3 is 1.11 bits per heavy atom. The van der Waals surface area contributed by atoms with Gasteiger partial charge in [0, 0.05) is 96.2 Å². The van der Waals surface area contributed by atoms with Crippen LogP contribution in [0, 0.1) is 52.1 Å². The molecule has 0 spiro atoms. The average Bonchev–Trinajstić information content (AvgIpc) is 1.63. The monoisotopic (exact) mass is 2020 g/mol. The van der Waals surface area contributed by atoms with Gasteiger partial charge in [-0.25, -0.2) is 73.0 Å². The molecular weight excluding hydrogens is 1950 g/mol. The van der Waals surface area contributed by atoms with Gasteiger partial charge in [0.05, 0.1) is 50.4 Å². The van der Waals surface area contributed by atoms with E-state index in [2.05, 4.69) is 111 Å². The van der Waals surface area contributed by atoms with Crippen LogP contribution >= 0.6 is 0 Å². The van der Waals surface area contributed by atoms with Gasteiger partial charge in [0.25, 0.3) is 0 Å². The molecule has 19 aromatic rings. The summed E-state index contributed by atoms with van der Waals surface area (Å²) in [5.41, 5.74) is 34.3. The lowest BCUT2D eigenvalue weighted by atomic mass is 10.2. The number of rotatable bonds is 18. The van der Waals surface area contributed by atoms with Crippen LogP contribution in [0.4, 0.5) is 174 Å². The number of nitrogens with zero attached hydrogens (tertiary/aromatic N) is 20. The summed E-state index contributed by atoms with van der Waals surface area (Å²) in [6.45, 7) is 6.06. The molecule has 0 fully saturated rings. The van der Waals surface area contributed by atoms with Gasteiger partial charge in [-0.15, -0.1) is 13.2 Å². The number of nitrogens with one attached hydrogen (secondary N) is 5. The summed E-state index contributed by atoms with van der Waals surface area (Å²) in [7, 11) is 1.82. The SMILES string of the molecule is Cc1nc2ccc(F)cc2n1-c1nc(N)cc(Nc2ccc(C(F)(F)F)cc2)n1.Cc1nc2ccc(F)cn2c1-c1nc(N)cc(Nc2ccc(C(F)(F)F)cc2)n1.Cc1nc2ccc(F)cn2c1-c1nc(N)cc(Nc2ccc(OC(F)F)cc2)n1.Cc1nn(C)c(C)c1-c1nc(N)cc(Nc2ccc(C(F)(F)F)cc2)n1.Nc1cc(Nc2ccc(OC(F)(F)F)cc2)nc(-c2c(C(F)(F)F)nc3ccccn23)n1. The Morgan fingerprint density at radius 1 is 0.345 bits per heavy atom. The number of halogens is 20. The normalized spacial score (nSPS) is 11.7. The third-order valence-electron chi connectivity index (χ3n) is 20.5. The van der Waals surface area contributed by atoms with Crippen LogP contribution in [0.3, 0.4) is 0 Å². The molecule has 19 rings (SSSR count). The second kappa shape index (κ2) is 40.8. The average molecular weight is 2020 g/mol. The molecular formula is C93H72F20N30O2. The smallest absolute Gasteiger partial charge is 0.435 e. The van der Waals surface area contributed by atoms with E-state index in [0.717, 1.165) is 65.5 Å². The van der Waals surface area contributed by atoms with Gasteiger partial charge in [0.2, 0.25) is 5.95 Å². The summed E-state index contributed by atoms with van der Waals surface area (Å²) in [4.78, 5) is 59.2. The van der Waals surface area contributed by atoms with Crippen molar-refractivity contribution in [3.63, 3.8) is 0 Å². The van der Waals surface area contributed by atoms with E-state index in [1.165, 1.54) is 167 Å². The fourth-order valence-electron chi connectivity index (χ4n) is 14.3. The second-order valence-electron chi connectivity index (χ2n) is 31.1. The molecule has 32 nitrogen and oxygen atoms in total. The molecule has 13 aromatic heterocycles. The Hall–Kier alpha value is -18.3. The number of ether oxygens (including phenoxy) is 2. The van der Waals surface area contributed by atoms with Crippen molar-refractivity contribution in [2.45, 2.75) is 72.3 Å². The first kappa shape index (κ1) is 101. The Balaban J connectivity index is 0.000000136. The van der Waals surface area contributed by atoms with Crippen LogP contribution in [0.5, 0.6) is 11.5 Å². The van der Waals surface area contributed by atoms with E-state index in [1.54, 1.807) is 58.7 Å². The van der Waals surface area contributed by atoms with Gasteiger partial charge in [-0.1, -0.05) is 6.07 Å². The minimum Gasteiger partial charge on any atom is -0.435 e. The number of nitrogens with two attached hydrogens (primary N) is 5. The number of hydrogen-bond acceptors (Lipinski definition) is 27. The topological polar surface area (TPSA) is 425 Å². The highest BCUT2D eigenvalue weighted by Gasteiger charge is 2.40. The molecule has 746 valence electrons. The Morgan fingerprint density at radius 2 is 0.717 bits per heavy atom. The maximum absolute atomic E-state index is 13.7. The number of fused-ring (bicyclic) bond motifs is 4. The molecule has 0 bridgehead atoms. The summed E-state index contributed by atoms with van der Waals surface area (Å²) in [6, 6.07) is 45.8. The lowest BCUT2D eigenvalue weighted by Crippen LogP contribution is -2.17. The summed E-state index contributed by atoms with van der Waals surface area (Å²) < 4.78 is 273. The lowest BCUT2D eigenvalue weighted by Gasteiger charge is -2.12. The molecule has 0 aliphatic rings. The lowest BCUT2D eigenvalue weighted by molar-refractivity contribution is -0.274. The van der Waals surface area contributed by atoms with Crippen molar-refractivity contribution in [1.82, 2.24) is 97.3 Å². The van der Waals surface area contributed by atoms with Crippen LogP contribution in [0.25, 0.3) is 79.9 Å². The molecule has 13 heterocycles. The van der Waals surface area contributed by atoms with E-state index in [9.17, 15) is 87.8 Å². The van der Waals surface area contributed by atoms with E-state index in [-0.39, 0.29) is 87.0 Å². The predicted molar refractivity (Wildman–Crippen MR) is 497 cm³/mol. The number of anilines is 15. The van der Waals surface area contributed by atoms with Gasteiger partial charge in [-0.2, -0.15) is 76.5 Å². The van der Waals surface area contributed by atoms with Gasteiger partial charge in [-0.3, -0.25) is 22.5 Å². The number of hydrogen-bond donors (Lipinski definition) is 10. The third-order valence-corrected chi connectivity index (χ3v) is 20.5. The highest BCUT2D eigenvalue weighted by atomic mass is 19.4. The van der Waals surface area contributed by atoms with Gasteiger partial charge in [0.1, 0.15) is 127 Å². The summed E-state index contributed by atoms with van der Waals surface area (Å²) in [5.74, 6) is 1.39. The van der Waals surface area contributed by atoms with E-state index in [1.807, 2.05) is 20.9 Å². The quantitative estimate of drug-likeness (QED) is 0.0357. The van der Waals surface area contributed by atoms with Crippen LogP contribution in [-0.2, 0) is 31.8 Å². The zero-order valence-corrected chi connectivity index (χ0v) is 75.2. The van der Waals surface area contributed by atoms with Crippen molar-refractivity contribution in [2.24, 2.45) is 7.05 Å². The molecule has 0 saturated carbocycles. The zero-order chi connectivity index (χ0) is 104. The first-order chi connectivity index (χ1) is 68.4. The van der Waals surface area contributed by atoms with E-state index in [4.69, 9.17) is 28.7 Å². The predicted octanol–water partition coefficient (Wildman–Crippen LogP) is 22.2. The molecule has 145 heavy (non-hydrogen) atoms. The third kappa shape index (κ3) is 24.8. The standard InChI is InChI=1S/C19H12F6N6O.2C19H14F4N6.C19H15F3N6O.C17H17F3N6/c20-18(21,22)16-15(31-8-2-1-3-14(31)30-16)17-28-12(26)9-13(29-17)27-10-4-6-11(7-5-10)32-19(23,24)25;1-10-17(29-9-12(20)4-7-16(29)25-10)18-27-14(24)8-15(28-18)26-13-5-2-11(3-6-13)19(21,22)23;1-10-25-14-7-4-12(20)8-15(14)29(10)18-27-16(24)9-17(28-18)26-13-5-2-11(3-6-13)19(21,22)23;1-10-17(28-9-11(20)2-7-16(28)24-10)18-26-14(23)8-15(27-18)25-12-3-5-13(6-4-12)29-19(21)22;1-9-15(10(2)26(3)25-9)16-23-13(21)8-14(24-16)22-12-6-4-11(5-7-12)17(18,19)20/h1-9H,(H3,26,27,28,29);2*2-9H,1H3,(H3,24,26,27,28);2-9,19H,1H3,(H3,23,25,26,27);4-8H,1-3H3,(H3,21,22,23,24). The van der Waals surface area contributed by atoms with Gasteiger partial charge in [-0.05, 0) is 204 Å². The number of nitrogen functional groups attached to an aromatic ring is 5. The highest BCUT2D eigenvalue weighted by Crippen LogP contribution is 2.41. The van der Waals surface area contributed by atoms with Gasteiger partial charge >= 0.3 is 37.7 Å². The number of alkyl halides is 17. The molecule has 0 unspecified atom stereocenters. The molecule has 6 aromatic carbocycles. The minimum atomic E-state index is -4.84. The van der Waals surface area contributed by atoms with Gasteiger partial charge < -0.3 is 64.7 Å². The van der Waals surface area contributed by atoms with Gasteiger partial charge in [0.15, 0.2) is 29.0 Å². The van der Waals surface area contributed by atoms with Crippen molar-refractivity contribution in [1.29, 1.82) is 0 Å². The summed E-state index contributed by atoms with van der Waals surface area (Å²) >= 11 is 0. The van der Waals surface area contributed by atoms with E-state index >= 15 is 0 Å².